The molecule has 0 unspecified atom stereocenters. The summed E-state index contributed by atoms with van der Waals surface area (Å²) >= 11 is 1.47. The summed E-state index contributed by atoms with van der Waals surface area (Å²) in [5.41, 5.74) is 10.0. The van der Waals surface area contributed by atoms with E-state index in [1.54, 1.807) is 18.7 Å². The molecule has 0 amide bonds. The molecule has 0 fully saturated rings. The largest absolute Gasteiger partial charge is 0.377 e. The van der Waals surface area contributed by atoms with Crippen LogP contribution in [0.15, 0.2) is 77.3 Å². The molecular formula is C18H17N5S. The number of nitrogens with two attached hydrogens (primary N) is 1. The molecule has 120 valence electrons. The third-order valence-corrected chi connectivity index (χ3v) is 4.14. The number of nitrogens with zero attached hydrogens (tertiary/aromatic N) is 3. The summed E-state index contributed by atoms with van der Waals surface area (Å²) in [5, 5.41) is 8.55. The van der Waals surface area contributed by atoms with Crippen LogP contribution in [0.4, 0.5) is 0 Å². The molecule has 0 spiro atoms. The molecule has 3 N–H and O–H groups in total. The Morgan fingerprint density at radius 1 is 1.17 bits per heavy atom. The van der Waals surface area contributed by atoms with Gasteiger partial charge in [-0.25, -0.2) is 4.98 Å². The fourth-order valence-corrected chi connectivity index (χ4v) is 2.72. The minimum absolute atomic E-state index is 0.444. The molecule has 0 aliphatic heterocycles. The first kappa shape index (κ1) is 16.0. The maximum absolute atomic E-state index is 5.88. The molecule has 0 atom stereocenters. The van der Waals surface area contributed by atoms with Crippen LogP contribution in [0.25, 0.3) is 11.3 Å². The zero-order valence-corrected chi connectivity index (χ0v) is 13.8. The van der Waals surface area contributed by atoms with Crippen molar-refractivity contribution in [3.05, 3.63) is 78.2 Å². The van der Waals surface area contributed by atoms with Crippen molar-refractivity contribution in [1.82, 2.24) is 9.97 Å². The summed E-state index contributed by atoms with van der Waals surface area (Å²) < 4.78 is 0. The molecule has 0 radical (unpaired) electrons. The van der Waals surface area contributed by atoms with Crippen LogP contribution in [-0.2, 0) is 5.75 Å². The van der Waals surface area contributed by atoms with Gasteiger partial charge in [0, 0.05) is 11.3 Å². The first-order valence-electron chi connectivity index (χ1n) is 7.43. The molecule has 24 heavy (non-hydrogen) atoms. The zero-order valence-electron chi connectivity index (χ0n) is 13.0. The lowest BCUT2D eigenvalue weighted by atomic mass is 10.1. The second kappa shape index (κ2) is 8.12. The van der Waals surface area contributed by atoms with Crippen molar-refractivity contribution in [1.29, 1.82) is 0 Å². The summed E-state index contributed by atoms with van der Waals surface area (Å²) in [6.45, 7) is 0. The van der Waals surface area contributed by atoms with Gasteiger partial charge in [-0.3, -0.25) is 0 Å². The topological polar surface area (TPSA) is 79.4 Å². The number of imidazole rings is 1. The zero-order chi connectivity index (χ0) is 16.6. The van der Waals surface area contributed by atoms with E-state index >= 15 is 0 Å². The number of benzene rings is 2. The molecule has 5 nitrogen and oxygen atoms in total. The highest BCUT2D eigenvalue weighted by Gasteiger charge is 1.99. The number of hydrogen-bond donors (Lipinski definition) is 2. The van der Waals surface area contributed by atoms with E-state index in [1.165, 1.54) is 17.3 Å². The molecule has 0 saturated carbocycles. The standard InChI is InChI=1S/C18H17N5S/c19-18(24-12-14-5-2-1-3-6-14)23-22-10-15-7-4-8-16(9-15)17-11-20-13-21-17/h1-11,13H,12H2,(H2,19,23)(H,20,21). The summed E-state index contributed by atoms with van der Waals surface area (Å²) in [4.78, 5) is 7.11. The van der Waals surface area contributed by atoms with Crippen molar-refractivity contribution in [2.75, 3.05) is 0 Å². The molecule has 2 aromatic carbocycles. The van der Waals surface area contributed by atoms with E-state index < -0.39 is 0 Å². The highest BCUT2D eigenvalue weighted by atomic mass is 32.2. The van der Waals surface area contributed by atoms with Crippen LogP contribution in [0.1, 0.15) is 11.1 Å². The maximum Gasteiger partial charge on any atom is 0.180 e. The number of aromatic amines is 1. The van der Waals surface area contributed by atoms with Crippen LogP contribution < -0.4 is 5.73 Å². The lowest BCUT2D eigenvalue weighted by Gasteiger charge is -2.00. The Labute approximate surface area is 144 Å². The summed E-state index contributed by atoms with van der Waals surface area (Å²) in [7, 11) is 0. The van der Waals surface area contributed by atoms with Crippen LogP contribution in [0, 0.1) is 0 Å². The predicted molar refractivity (Wildman–Crippen MR) is 101 cm³/mol. The number of amidine groups is 1. The number of rotatable bonds is 5. The maximum atomic E-state index is 5.88. The average molecular weight is 335 g/mol. The molecule has 0 bridgehead atoms. The molecule has 6 heteroatoms. The van der Waals surface area contributed by atoms with Gasteiger partial charge in [0.2, 0.25) is 0 Å². The third kappa shape index (κ3) is 4.57. The average Bonchev–Trinajstić information content (AvgIpc) is 3.16. The highest BCUT2D eigenvalue weighted by Crippen LogP contribution is 2.16. The smallest absolute Gasteiger partial charge is 0.180 e. The Hall–Kier alpha value is -2.86. The van der Waals surface area contributed by atoms with E-state index in [0.717, 1.165) is 22.6 Å². The summed E-state index contributed by atoms with van der Waals surface area (Å²) in [6, 6.07) is 18.1. The van der Waals surface area contributed by atoms with Crippen LogP contribution in [-0.4, -0.2) is 21.4 Å². The van der Waals surface area contributed by atoms with Gasteiger partial charge < -0.3 is 10.7 Å². The SMILES string of the molecule is NC(=NN=Cc1cccc(-c2cnc[nH]2)c1)SCc1ccccc1. The van der Waals surface area contributed by atoms with Crippen LogP contribution in [0.3, 0.4) is 0 Å². The summed E-state index contributed by atoms with van der Waals surface area (Å²) in [5.74, 6) is 0.779. The lowest BCUT2D eigenvalue weighted by Crippen LogP contribution is -2.05. The minimum Gasteiger partial charge on any atom is -0.377 e. The number of aromatic nitrogens is 2. The van der Waals surface area contributed by atoms with Crippen molar-refractivity contribution in [2.45, 2.75) is 5.75 Å². The highest BCUT2D eigenvalue weighted by molar-refractivity contribution is 8.13. The van der Waals surface area contributed by atoms with Gasteiger partial charge in [-0.2, -0.15) is 5.10 Å². The Morgan fingerprint density at radius 3 is 2.83 bits per heavy atom. The molecule has 0 aliphatic carbocycles. The number of nitrogens with one attached hydrogen (secondary N) is 1. The molecule has 1 aromatic heterocycles. The van der Waals surface area contributed by atoms with E-state index in [0.29, 0.717) is 5.17 Å². The van der Waals surface area contributed by atoms with Gasteiger partial charge in [-0.1, -0.05) is 60.3 Å². The Kier molecular flexibility index (Phi) is 5.42. The van der Waals surface area contributed by atoms with E-state index in [4.69, 9.17) is 5.73 Å². The molecule has 3 rings (SSSR count). The van der Waals surface area contributed by atoms with Crippen molar-refractivity contribution in [3.63, 3.8) is 0 Å². The fourth-order valence-electron chi connectivity index (χ4n) is 2.11. The van der Waals surface area contributed by atoms with Crippen LogP contribution in [0.5, 0.6) is 0 Å². The van der Waals surface area contributed by atoms with Gasteiger partial charge in [-0.05, 0) is 17.2 Å². The van der Waals surface area contributed by atoms with Gasteiger partial charge in [0.1, 0.15) is 0 Å². The van der Waals surface area contributed by atoms with Crippen LogP contribution >= 0.6 is 11.8 Å². The van der Waals surface area contributed by atoms with Gasteiger partial charge in [0.25, 0.3) is 0 Å². The van der Waals surface area contributed by atoms with Gasteiger partial charge >= 0.3 is 0 Å². The van der Waals surface area contributed by atoms with Crippen molar-refractivity contribution in [3.8, 4) is 11.3 Å². The van der Waals surface area contributed by atoms with Gasteiger partial charge in [0.05, 0.1) is 24.4 Å². The second-order valence-corrected chi connectivity index (χ2v) is 6.04. The number of hydrogen-bond acceptors (Lipinski definition) is 4. The predicted octanol–water partition coefficient (Wildman–Crippen LogP) is 3.66. The Morgan fingerprint density at radius 2 is 2.04 bits per heavy atom. The molecule has 1 heterocycles. The molecule has 0 aliphatic rings. The third-order valence-electron chi connectivity index (χ3n) is 3.29. The fraction of sp³-hybridized carbons (Fsp3) is 0.0556. The van der Waals surface area contributed by atoms with Crippen molar-refractivity contribution < 1.29 is 0 Å². The molecular weight excluding hydrogens is 318 g/mol. The lowest BCUT2D eigenvalue weighted by molar-refractivity contribution is 1.25. The molecule has 0 saturated heterocycles. The Balaban J connectivity index is 1.60. The summed E-state index contributed by atoms with van der Waals surface area (Å²) in [6.07, 6.45) is 5.13. The van der Waals surface area contributed by atoms with E-state index in [-0.39, 0.29) is 0 Å². The normalized spacial score (nSPS) is 11.9. The second-order valence-electron chi connectivity index (χ2n) is 5.05. The van der Waals surface area contributed by atoms with Crippen molar-refractivity contribution in [2.24, 2.45) is 15.9 Å². The number of H-pyrrole nitrogens is 1. The van der Waals surface area contributed by atoms with Crippen molar-refractivity contribution >= 4 is 23.1 Å². The minimum atomic E-state index is 0.444. The first-order chi connectivity index (χ1) is 11.8. The first-order valence-corrected chi connectivity index (χ1v) is 8.42. The quantitative estimate of drug-likeness (QED) is 0.424. The van der Waals surface area contributed by atoms with E-state index in [9.17, 15) is 0 Å². The van der Waals surface area contributed by atoms with E-state index in [2.05, 4.69) is 32.3 Å². The van der Waals surface area contributed by atoms with Gasteiger partial charge in [0.15, 0.2) is 5.17 Å². The monoisotopic (exact) mass is 335 g/mol. The number of thioether (sulfide) groups is 1. The van der Waals surface area contributed by atoms with Gasteiger partial charge in [-0.15, -0.1) is 5.10 Å². The van der Waals surface area contributed by atoms with E-state index in [1.807, 2.05) is 42.5 Å². The van der Waals surface area contributed by atoms with Crippen LogP contribution in [0.2, 0.25) is 0 Å². The molecule has 3 aromatic rings. The Bertz CT molecular complexity index is 826.